The lowest BCUT2D eigenvalue weighted by Crippen LogP contribution is -2.43. The molecule has 0 bridgehead atoms. The summed E-state index contributed by atoms with van der Waals surface area (Å²) in [5.41, 5.74) is 6.29. The number of benzene rings is 1. The molecular weight excluding hydrogens is 270 g/mol. The molecule has 0 saturated carbocycles. The Morgan fingerprint density at radius 3 is 2.63 bits per heavy atom. The quantitative estimate of drug-likeness (QED) is 0.484. The van der Waals surface area contributed by atoms with Crippen LogP contribution in [-0.4, -0.2) is 29.6 Å². The van der Waals surface area contributed by atoms with Gasteiger partial charge >= 0.3 is 11.8 Å². The molecule has 7 heteroatoms. The van der Waals surface area contributed by atoms with Crippen LogP contribution in [0.5, 0.6) is 0 Å². The largest absolute Gasteiger partial charge is 0.398 e. The molecule has 0 aliphatic carbocycles. The predicted octanol–water partition coefficient (Wildman–Crippen LogP) is 0.748. The smallest absolute Gasteiger partial charge is 0.313 e. The van der Waals surface area contributed by atoms with E-state index in [9.17, 15) is 9.59 Å². The molecule has 1 aromatic carbocycles. The van der Waals surface area contributed by atoms with Crippen molar-refractivity contribution in [3.63, 3.8) is 0 Å². The van der Waals surface area contributed by atoms with E-state index in [0.717, 1.165) is 0 Å². The van der Waals surface area contributed by atoms with E-state index in [2.05, 4.69) is 10.6 Å². The van der Waals surface area contributed by atoms with E-state index in [1.54, 1.807) is 6.92 Å². The van der Waals surface area contributed by atoms with Crippen LogP contribution in [0.1, 0.15) is 13.3 Å². The first-order valence-electron chi connectivity index (χ1n) is 5.75. The number of hydrogen-bond acceptors (Lipinski definition) is 4. The Morgan fingerprint density at radius 1 is 1.42 bits per heavy atom. The molecule has 0 aliphatic heterocycles. The van der Waals surface area contributed by atoms with Crippen molar-refractivity contribution in [2.24, 2.45) is 0 Å². The molecule has 0 heterocycles. The van der Waals surface area contributed by atoms with Crippen LogP contribution in [0.15, 0.2) is 18.2 Å². The average molecular weight is 286 g/mol. The lowest BCUT2D eigenvalue weighted by molar-refractivity contribution is -0.136. The highest BCUT2D eigenvalue weighted by Crippen LogP contribution is 2.22. The summed E-state index contributed by atoms with van der Waals surface area (Å²) >= 11 is 5.80. The lowest BCUT2D eigenvalue weighted by atomic mass is 10.2. The average Bonchev–Trinajstić information content (AvgIpc) is 2.39. The topological polar surface area (TPSA) is 104 Å². The van der Waals surface area contributed by atoms with E-state index in [1.165, 1.54) is 18.2 Å². The van der Waals surface area contributed by atoms with E-state index in [0.29, 0.717) is 22.8 Å². The summed E-state index contributed by atoms with van der Waals surface area (Å²) in [5.74, 6) is -1.64. The zero-order valence-electron chi connectivity index (χ0n) is 10.4. The van der Waals surface area contributed by atoms with Gasteiger partial charge in [0.1, 0.15) is 0 Å². The molecule has 0 radical (unpaired) electrons. The second-order valence-corrected chi connectivity index (χ2v) is 4.36. The summed E-state index contributed by atoms with van der Waals surface area (Å²) in [6.07, 6.45) is 0.531. The van der Waals surface area contributed by atoms with Crippen molar-refractivity contribution in [2.75, 3.05) is 17.7 Å². The number of aliphatic hydroxyl groups is 1. The zero-order valence-corrected chi connectivity index (χ0v) is 11.2. The fourth-order valence-corrected chi connectivity index (χ4v) is 1.50. The Morgan fingerprint density at radius 2 is 2.11 bits per heavy atom. The minimum atomic E-state index is -0.826. The Bertz CT molecular complexity index is 475. The van der Waals surface area contributed by atoms with Crippen LogP contribution in [0.25, 0.3) is 0 Å². The molecule has 6 nitrogen and oxygen atoms in total. The number of nitrogens with one attached hydrogen (secondary N) is 2. The van der Waals surface area contributed by atoms with Gasteiger partial charge in [0.15, 0.2) is 0 Å². The molecule has 1 unspecified atom stereocenters. The Hall–Kier alpha value is -1.79. The SMILES string of the molecule is CCC(CO)NC(=O)C(=O)Nc1ccc(N)c(Cl)c1. The predicted molar refractivity (Wildman–Crippen MR) is 73.8 cm³/mol. The third kappa shape index (κ3) is 4.42. The van der Waals surface area contributed by atoms with Crippen molar-refractivity contribution >= 4 is 34.8 Å². The maximum absolute atomic E-state index is 11.6. The number of anilines is 2. The maximum Gasteiger partial charge on any atom is 0.313 e. The van der Waals surface area contributed by atoms with Gasteiger partial charge in [-0.1, -0.05) is 18.5 Å². The number of halogens is 1. The monoisotopic (exact) mass is 285 g/mol. The first-order valence-corrected chi connectivity index (χ1v) is 6.13. The Balaban J connectivity index is 2.63. The molecule has 2 amide bonds. The van der Waals surface area contributed by atoms with Crippen molar-refractivity contribution in [1.82, 2.24) is 5.32 Å². The number of nitrogen functional groups attached to an aromatic ring is 1. The van der Waals surface area contributed by atoms with Gasteiger partial charge in [-0.25, -0.2) is 0 Å². The van der Waals surface area contributed by atoms with Gasteiger partial charge < -0.3 is 21.5 Å². The van der Waals surface area contributed by atoms with Crippen molar-refractivity contribution in [3.8, 4) is 0 Å². The molecule has 0 fully saturated rings. The summed E-state index contributed by atoms with van der Waals surface area (Å²) < 4.78 is 0. The number of hydrogen-bond donors (Lipinski definition) is 4. The number of carbonyl (C=O) groups is 2. The third-order valence-electron chi connectivity index (χ3n) is 2.51. The summed E-state index contributed by atoms with van der Waals surface area (Å²) in [4.78, 5) is 23.1. The van der Waals surface area contributed by atoms with Crippen molar-refractivity contribution in [3.05, 3.63) is 23.2 Å². The molecule has 104 valence electrons. The second-order valence-electron chi connectivity index (χ2n) is 3.95. The van der Waals surface area contributed by atoms with E-state index < -0.39 is 17.9 Å². The first kappa shape index (κ1) is 15.3. The summed E-state index contributed by atoms with van der Waals surface area (Å²) in [6, 6.07) is 4.08. The number of carbonyl (C=O) groups excluding carboxylic acids is 2. The Kier molecular flexibility index (Phi) is 5.59. The molecule has 1 aromatic rings. The zero-order chi connectivity index (χ0) is 14.4. The van der Waals surface area contributed by atoms with Gasteiger partial charge in [-0.2, -0.15) is 0 Å². The van der Waals surface area contributed by atoms with Crippen LogP contribution >= 0.6 is 11.6 Å². The van der Waals surface area contributed by atoms with Gasteiger partial charge in [0.05, 0.1) is 23.4 Å². The molecule has 1 rings (SSSR count). The van der Waals surface area contributed by atoms with Gasteiger partial charge in [-0.15, -0.1) is 0 Å². The van der Waals surface area contributed by atoms with Crippen LogP contribution in [0.2, 0.25) is 5.02 Å². The molecule has 0 aliphatic rings. The summed E-state index contributed by atoms with van der Waals surface area (Å²) in [6.45, 7) is 1.57. The van der Waals surface area contributed by atoms with Gasteiger partial charge in [0.2, 0.25) is 0 Å². The van der Waals surface area contributed by atoms with E-state index in [-0.39, 0.29) is 6.61 Å². The minimum absolute atomic E-state index is 0.219. The van der Waals surface area contributed by atoms with Crippen LogP contribution in [0.3, 0.4) is 0 Å². The molecule has 0 aromatic heterocycles. The highest BCUT2D eigenvalue weighted by Gasteiger charge is 2.17. The molecular formula is C12H16ClN3O3. The minimum Gasteiger partial charge on any atom is -0.398 e. The third-order valence-corrected chi connectivity index (χ3v) is 2.84. The van der Waals surface area contributed by atoms with Gasteiger partial charge in [-0.05, 0) is 24.6 Å². The van der Waals surface area contributed by atoms with Gasteiger partial charge in [-0.3, -0.25) is 9.59 Å². The van der Waals surface area contributed by atoms with Crippen LogP contribution in [0, 0.1) is 0 Å². The molecule has 0 saturated heterocycles. The fraction of sp³-hybridized carbons (Fsp3) is 0.333. The van der Waals surface area contributed by atoms with Crippen LogP contribution in [-0.2, 0) is 9.59 Å². The fourth-order valence-electron chi connectivity index (χ4n) is 1.32. The molecule has 19 heavy (non-hydrogen) atoms. The van der Waals surface area contributed by atoms with E-state index in [1.807, 2.05) is 0 Å². The van der Waals surface area contributed by atoms with Gasteiger partial charge in [0, 0.05) is 5.69 Å². The first-order chi connectivity index (χ1) is 8.97. The summed E-state index contributed by atoms with van der Waals surface area (Å²) in [5, 5.41) is 14.0. The van der Waals surface area contributed by atoms with Gasteiger partial charge in [0.25, 0.3) is 0 Å². The normalized spacial score (nSPS) is 11.7. The van der Waals surface area contributed by atoms with Crippen molar-refractivity contribution in [1.29, 1.82) is 0 Å². The van der Waals surface area contributed by atoms with Crippen molar-refractivity contribution in [2.45, 2.75) is 19.4 Å². The highest BCUT2D eigenvalue weighted by atomic mass is 35.5. The number of amides is 2. The molecule has 0 spiro atoms. The highest BCUT2D eigenvalue weighted by molar-refractivity contribution is 6.40. The summed E-state index contributed by atoms with van der Waals surface area (Å²) in [7, 11) is 0. The maximum atomic E-state index is 11.6. The van der Waals surface area contributed by atoms with Crippen LogP contribution < -0.4 is 16.4 Å². The number of aliphatic hydroxyl groups excluding tert-OH is 1. The van der Waals surface area contributed by atoms with Crippen molar-refractivity contribution < 1.29 is 14.7 Å². The molecule has 1 atom stereocenters. The lowest BCUT2D eigenvalue weighted by Gasteiger charge is -2.13. The Labute approximate surface area is 115 Å². The molecule has 5 N–H and O–H groups in total. The number of rotatable bonds is 4. The standard InChI is InChI=1S/C12H16ClN3O3/c1-2-7(6-17)15-11(18)12(19)16-8-3-4-10(14)9(13)5-8/h3-5,7,17H,2,6,14H2,1H3,(H,15,18)(H,16,19). The number of nitrogens with two attached hydrogens (primary N) is 1. The second kappa shape index (κ2) is 6.96. The van der Waals surface area contributed by atoms with E-state index in [4.69, 9.17) is 22.4 Å². The van der Waals surface area contributed by atoms with E-state index >= 15 is 0 Å². The van der Waals surface area contributed by atoms with Crippen LogP contribution in [0.4, 0.5) is 11.4 Å².